The third-order valence-electron chi connectivity index (χ3n) is 4.19. The van der Waals surface area contributed by atoms with E-state index in [9.17, 15) is 9.59 Å². The normalized spacial score (nSPS) is 14.7. The number of rotatable bonds is 0. The van der Waals surface area contributed by atoms with Crippen molar-refractivity contribution in [3.05, 3.63) is 52.9 Å². The molecule has 3 aromatic rings. The average molecular weight is 288 g/mol. The molecule has 98 valence electrons. The number of hydrogen-bond donors (Lipinski definition) is 0. The molecular formula is C18H8O2S. The number of fused-ring (bicyclic) bond motifs is 5. The Morgan fingerprint density at radius 3 is 2.38 bits per heavy atom. The Morgan fingerprint density at radius 1 is 0.810 bits per heavy atom. The topological polar surface area (TPSA) is 34.1 Å². The molecule has 21 heavy (non-hydrogen) atoms. The van der Waals surface area contributed by atoms with Gasteiger partial charge in [-0.15, -0.1) is 11.3 Å². The van der Waals surface area contributed by atoms with Crippen molar-refractivity contribution in [1.82, 2.24) is 0 Å². The number of thiophene rings is 1. The quantitative estimate of drug-likeness (QED) is 0.451. The predicted molar refractivity (Wildman–Crippen MR) is 84.6 cm³/mol. The average Bonchev–Trinajstić information content (AvgIpc) is 3.02. The van der Waals surface area contributed by atoms with Crippen molar-refractivity contribution in [2.75, 3.05) is 0 Å². The van der Waals surface area contributed by atoms with E-state index >= 15 is 0 Å². The fraction of sp³-hybridized carbons (Fsp3) is 0. The highest BCUT2D eigenvalue weighted by Gasteiger charge is 2.34. The van der Waals surface area contributed by atoms with Crippen molar-refractivity contribution in [2.24, 2.45) is 0 Å². The Balaban J connectivity index is 1.98. The van der Waals surface area contributed by atoms with Gasteiger partial charge in [-0.2, -0.15) is 0 Å². The molecule has 2 aliphatic carbocycles. The van der Waals surface area contributed by atoms with Gasteiger partial charge in [0.2, 0.25) is 11.6 Å². The first-order chi connectivity index (χ1) is 10.3. The van der Waals surface area contributed by atoms with E-state index in [1.165, 1.54) is 22.4 Å². The minimum atomic E-state index is -0.425. The first-order valence-electron chi connectivity index (χ1n) is 6.72. The fourth-order valence-electron chi connectivity index (χ4n) is 3.33. The third-order valence-corrected chi connectivity index (χ3v) is 5.38. The van der Waals surface area contributed by atoms with Crippen LogP contribution in [0.25, 0.3) is 38.4 Å². The maximum Gasteiger partial charge on any atom is 0.234 e. The zero-order valence-corrected chi connectivity index (χ0v) is 11.7. The number of hydrogen-bond acceptors (Lipinski definition) is 3. The van der Waals surface area contributed by atoms with Crippen LogP contribution < -0.4 is 0 Å². The van der Waals surface area contributed by atoms with Crippen molar-refractivity contribution < 1.29 is 9.59 Å². The molecule has 2 aliphatic rings. The lowest BCUT2D eigenvalue weighted by atomic mass is 9.94. The van der Waals surface area contributed by atoms with Gasteiger partial charge < -0.3 is 0 Å². The molecule has 2 aromatic carbocycles. The van der Waals surface area contributed by atoms with Crippen LogP contribution >= 0.6 is 11.3 Å². The van der Waals surface area contributed by atoms with Gasteiger partial charge >= 0.3 is 0 Å². The van der Waals surface area contributed by atoms with Gasteiger partial charge in [-0.1, -0.05) is 36.4 Å². The number of benzene rings is 2. The second-order valence-corrected chi connectivity index (χ2v) is 6.33. The first-order valence-corrected chi connectivity index (χ1v) is 7.53. The highest BCUT2D eigenvalue weighted by Crippen LogP contribution is 2.54. The highest BCUT2D eigenvalue weighted by atomic mass is 32.1. The molecule has 2 nitrogen and oxygen atoms in total. The van der Waals surface area contributed by atoms with E-state index in [2.05, 4.69) is 18.2 Å². The Kier molecular flexibility index (Phi) is 1.90. The van der Waals surface area contributed by atoms with E-state index in [1.807, 2.05) is 18.2 Å². The molecule has 5 rings (SSSR count). The molecule has 1 aromatic heterocycles. The third kappa shape index (κ3) is 1.22. The molecule has 0 bridgehead atoms. The summed E-state index contributed by atoms with van der Waals surface area (Å²) in [5.74, 6) is -0.805. The fourth-order valence-corrected chi connectivity index (χ4v) is 4.57. The van der Waals surface area contributed by atoms with Gasteiger partial charge in [0.1, 0.15) is 0 Å². The molecule has 0 aliphatic heterocycles. The molecule has 3 heteroatoms. The summed E-state index contributed by atoms with van der Waals surface area (Å²) in [5, 5.41) is 2.37. The minimum Gasteiger partial charge on any atom is -0.286 e. The largest absolute Gasteiger partial charge is 0.286 e. The van der Waals surface area contributed by atoms with E-state index in [0.717, 1.165) is 20.9 Å². The van der Waals surface area contributed by atoms with Crippen molar-refractivity contribution in [3.8, 4) is 21.6 Å². The SMILES string of the molecule is O=C1C=Cc2sc3c(c2C1=O)-c1cccc2cccc-3c12. The molecule has 0 saturated heterocycles. The van der Waals surface area contributed by atoms with Crippen molar-refractivity contribution in [2.45, 2.75) is 0 Å². The van der Waals surface area contributed by atoms with Crippen LogP contribution in [-0.2, 0) is 4.79 Å². The van der Waals surface area contributed by atoms with E-state index < -0.39 is 5.78 Å². The first kappa shape index (κ1) is 11.2. The molecule has 0 saturated carbocycles. The van der Waals surface area contributed by atoms with Crippen LogP contribution in [0, 0.1) is 0 Å². The minimum absolute atomic E-state index is 0.380. The maximum absolute atomic E-state index is 12.3. The summed E-state index contributed by atoms with van der Waals surface area (Å²) in [4.78, 5) is 26.1. The smallest absolute Gasteiger partial charge is 0.234 e. The van der Waals surface area contributed by atoms with E-state index in [4.69, 9.17) is 0 Å². The number of Topliss-reactive ketones (excluding diaryl/α,β-unsaturated/α-hetero) is 1. The summed E-state index contributed by atoms with van der Waals surface area (Å²) in [6.07, 6.45) is 3.15. The lowest BCUT2D eigenvalue weighted by Crippen LogP contribution is -2.15. The van der Waals surface area contributed by atoms with Crippen LogP contribution in [0.2, 0.25) is 0 Å². The van der Waals surface area contributed by atoms with E-state index in [0.29, 0.717) is 5.56 Å². The second kappa shape index (κ2) is 3.57. The van der Waals surface area contributed by atoms with Gasteiger partial charge in [0.05, 0.1) is 5.56 Å². The van der Waals surface area contributed by atoms with Crippen LogP contribution in [0.3, 0.4) is 0 Å². The van der Waals surface area contributed by atoms with Crippen LogP contribution in [0.5, 0.6) is 0 Å². The number of allylic oxidation sites excluding steroid dienone is 1. The molecule has 0 amide bonds. The van der Waals surface area contributed by atoms with Crippen LogP contribution in [0.4, 0.5) is 0 Å². The summed E-state index contributed by atoms with van der Waals surface area (Å²) in [5.41, 5.74) is 3.79. The van der Waals surface area contributed by atoms with Crippen molar-refractivity contribution in [3.63, 3.8) is 0 Å². The Hall–Kier alpha value is -2.52. The molecule has 0 spiro atoms. The summed E-state index contributed by atoms with van der Waals surface area (Å²) in [7, 11) is 0. The van der Waals surface area contributed by atoms with Crippen LogP contribution in [0.1, 0.15) is 15.2 Å². The summed E-state index contributed by atoms with van der Waals surface area (Å²) in [6.45, 7) is 0. The van der Waals surface area contributed by atoms with Gasteiger partial charge in [0.15, 0.2) is 0 Å². The Labute approximate surface area is 124 Å². The van der Waals surface area contributed by atoms with Gasteiger partial charge in [-0.3, -0.25) is 9.59 Å². The summed E-state index contributed by atoms with van der Waals surface area (Å²) < 4.78 is 0. The monoisotopic (exact) mass is 288 g/mol. The summed E-state index contributed by atoms with van der Waals surface area (Å²) >= 11 is 1.60. The van der Waals surface area contributed by atoms with Gasteiger partial charge in [0.25, 0.3) is 0 Å². The number of ketones is 2. The van der Waals surface area contributed by atoms with Crippen LogP contribution in [0.15, 0.2) is 42.5 Å². The lowest BCUT2D eigenvalue weighted by molar-refractivity contribution is -0.110. The Morgan fingerprint density at radius 2 is 1.57 bits per heavy atom. The van der Waals surface area contributed by atoms with Crippen LogP contribution in [-0.4, -0.2) is 11.6 Å². The zero-order chi connectivity index (χ0) is 14.1. The molecule has 0 radical (unpaired) electrons. The van der Waals surface area contributed by atoms with E-state index in [1.54, 1.807) is 17.4 Å². The number of carbonyl (C=O) groups excluding carboxylic acids is 2. The van der Waals surface area contributed by atoms with Gasteiger partial charge in [-0.25, -0.2) is 0 Å². The Bertz CT molecular complexity index is 1020. The second-order valence-electron chi connectivity index (χ2n) is 5.28. The molecule has 0 atom stereocenters. The maximum atomic E-state index is 12.3. The summed E-state index contributed by atoms with van der Waals surface area (Å²) in [6, 6.07) is 12.3. The molecular weight excluding hydrogens is 280 g/mol. The highest BCUT2D eigenvalue weighted by molar-refractivity contribution is 7.18. The molecule has 0 fully saturated rings. The molecule has 1 heterocycles. The van der Waals surface area contributed by atoms with Crippen molar-refractivity contribution in [1.29, 1.82) is 0 Å². The standard InChI is InChI=1S/C18H8O2S/c19-12-7-8-13-16(17(12)20)15-10-5-1-3-9-4-2-6-11(14(9)10)18(15)21-13/h1-8H. The molecule has 0 N–H and O–H groups in total. The molecule has 0 unspecified atom stereocenters. The lowest BCUT2D eigenvalue weighted by Gasteiger charge is -2.07. The van der Waals surface area contributed by atoms with E-state index in [-0.39, 0.29) is 5.78 Å². The zero-order valence-electron chi connectivity index (χ0n) is 10.8. The van der Waals surface area contributed by atoms with Gasteiger partial charge in [0, 0.05) is 20.9 Å². The number of carbonyl (C=O) groups is 2. The van der Waals surface area contributed by atoms with Crippen molar-refractivity contribution >= 4 is 39.8 Å². The van der Waals surface area contributed by atoms with Gasteiger partial charge in [-0.05, 0) is 28.5 Å². The predicted octanol–water partition coefficient (Wildman–Crippen LogP) is 4.33.